The number of rotatable bonds is 2. The smallest absolute Gasteiger partial charge is 0.226 e. The number of carbonyl (C=O) groups excluding carboxylic acids is 1. The molecule has 5 nitrogen and oxygen atoms in total. The molecule has 4 N–H and O–H groups in total. The standard InChI is InChI=1S/C7H10N4O.ClH/c1-4(7(9)12)5-6(8)11-3-2-10-5;/h2-4H,1H3,(H2,8,11)(H2,9,12);1H. The molecule has 0 fully saturated rings. The van der Waals surface area contributed by atoms with E-state index in [0.717, 1.165) is 0 Å². The Morgan fingerprint density at radius 2 is 2.00 bits per heavy atom. The quantitative estimate of drug-likeness (QED) is 0.710. The highest BCUT2D eigenvalue weighted by molar-refractivity contribution is 5.85. The number of halogens is 1. The van der Waals surface area contributed by atoms with Crippen molar-refractivity contribution < 1.29 is 4.79 Å². The lowest BCUT2D eigenvalue weighted by Gasteiger charge is -2.07. The molecule has 1 aromatic rings. The zero-order valence-corrected chi connectivity index (χ0v) is 7.91. The van der Waals surface area contributed by atoms with Gasteiger partial charge in [0.2, 0.25) is 5.91 Å². The monoisotopic (exact) mass is 202 g/mol. The minimum Gasteiger partial charge on any atom is -0.382 e. The van der Waals surface area contributed by atoms with Crippen LogP contribution in [0.3, 0.4) is 0 Å². The summed E-state index contributed by atoms with van der Waals surface area (Å²) >= 11 is 0. The zero-order chi connectivity index (χ0) is 9.14. The van der Waals surface area contributed by atoms with Gasteiger partial charge >= 0.3 is 0 Å². The number of nitrogens with zero attached hydrogens (tertiary/aromatic N) is 2. The van der Waals surface area contributed by atoms with Crippen LogP contribution in [-0.4, -0.2) is 15.9 Å². The number of amides is 1. The van der Waals surface area contributed by atoms with Crippen LogP contribution in [0.4, 0.5) is 5.82 Å². The molecule has 1 heterocycles. The van der Waals surface area contributed by atoms with E-state index < -0.39 is 11.8 Å². The average Bonchev–Trinajstić information content (AvgIpc) is 2.04. The average molecular weight is 203 g/mol. The molecule has 0 aromatic carbocycles. The molecule has 1 aromatic heterocycles. The summed E-state index contributed by atoms with van der Waals surface area (Å²) in [6.45, 7) is 1.64. The Labute approximate surface area is 82.0 Å². The largest absolute Gasteiger partial charge is 0.382 e. The Kier molecular flexibility index (Phi) is 4.13. The second-order valence-electron chi connectivity index (χ2n) is 2.45. The van der Waals surface area contributed by atoms with Gasteiger partial charge in [-0.15, -0.1) is 12.4 Å². The molecule has 1 atom stereocenters. The van der Waals surface area contributed by atoms with Crippen LogP contribution in [0.5, 0.6) is 0 Å². The Hall–Kier alpha value is -1.36. The van der Waals surface area contributed by atoms with Crippen LogP contribution in [0.2, 0.25) is 0 Å². The lowest BCUT2D eigenvalue weighted by molar-refractivity contribution is -0.119. The van der Waals surface area contributed by atoms with E-state index in [-0.39, 0.29) is 18.2 Å². The molecule has 1 amide bonds. The van der Waals surface area contributed by atoms with E-state index in [1.165, 1.54) is 12.4 Å². The molecule has 0 saturated carbocycles. The Morgan fingerprint density at radius 1 is 1.46 bits per heavy atom. The Balaban J connectivity index is 0.00000144. The highest BCUT2D eigenvalue weighted by Gasteiger charge is 2.15. The molecule has 0 aliphatic heterocycles. The predicted molar refractivity (Wildman–Crippen MR) is 51.3 cm³/mol. The summed E-state index contributed by atoms with van der Waals surface area (Å²) in [6, 6.07) is 0. The van der Waals surface area contributed by atoms with E-state index in [4.69, 9.17) is 11.5 Å². The van der Waals surface area contributed by atoms with Crippen molar-refractivity contribution in [1.29, 1.82) is 0 Å². The van der Waals surface area contributed by atoms with Crippen LogP contribution >= 0.6 is 12.4 Å². The molecule has 1 unspecified atom stereocenters. The fraction of sp³-hybridized carbons (Fsp3) is 0.286. The van der Waals surface area contributed by atoms with Crippen molar-refractivity contribution >= 4 is 24.1 Å². The number of hydrogen-bond acceptors (Lipinski definition) is 4. The minimum atomic E-state index is -0.487. The maximum absolute atomic E-state index is 10.8. The van der Waals surface area contributed by atoms with Gasteiger partial charge in [-0.05, 0) is 6.92 Å². The third-order valence-corrected chi connectivity index (χ3v) is 1.59. The van der Waals surface area contributed by atoms with Crippen molar-refractivity contribution in [2.24, 2.45) is 5.73 Å². The van der Waals surface area contributed by atoms with E-state index in [1.54, 1.807) is 6.92 Å². The fourth-order valence-electron chi connectivity index (χ4n) is 0.828. The van der Waals surface area contributed by atoms with Crippen molar-refractivity contribution in [2.45, 2.75) is 12.8 Å². The van der Waals surface area contributed by atoms with Crippen LogP contribution < -0.4 is 11.5 Å². The number of aromatic nitrogens is 2. The molecule has 1 rings (SSSR count). The zero-order valence-electron chi connectivity index (χ0n) is 7.10. The van der Waals surface area contributed by atoms with Crippen molar-refractivity contribution in [1.82, 2.24) is 9.97 Å². The Morgan fingerprint density at radius 3 is 2.46 bits per heavy atom. The predicted octanol–water partition coefficient (Wildman–Crippen LogP) is 0.0694. The molecule has 0 aliphatic rings. The molecular formula is C7H11ClN4O. The van der Waals surface area contributed by atoms with Gasteiger partial charge in [0.1, 0.15) is 5.82 Å². The van der Waals surface area contributed by atoms with Crippen LogP contribution in [0.1, 0.15) is 18.5 Å². The highest BCUT2D eigenvalue weighted by atomic mass is 35.5. The first-order chi connectivity index (χ1) is 5.63. The summed E-state index contributed by atoms with van der Waals surface area (Å²) in [5.74, 6) is -0.690. The number of carbonyl (C=O) groups is 1. The summed E-state index contributed by atoms with van der Waals surface area (Å²) in [4.78, 5) is 18.5. The van der Waals surface area contributed by atoms with E-state index in [9.17, 15) is 4.79 Å². The normalized spacial score (nSPS) is 11.5. The summed E-state index contributed by atoms with van der Waals surface area (Å²) in [5, 5.41) is 0. The maximum Gasteiger partial charge on any atom is 0.226 e. The van der Waals surface area contributed by atoms with Gasteiger partial charge in [-0.3, -0.25) is 9.78 Å². The molecule has 0 spiro atoms. The van der Waals surface area contributed by atoms with Crippen molar-refractivity contribution in [3.05, 3.63) is 18.1 Å². The molecule has 0 saturated heterocycles. The topological polar surface area (TPSA) is 94.9 Å². The van der Waals surface area contributed by atoms with Gasteiger partial charge in [-0.1, -0.05) is 0 Å². The second kappa shape index (κ2) is 4.61. The third kappa shape index (κ3) is 2.55. The fourth-order valence-corrected chi connectivity index (χ4v) is 0.828. The van der Waals surface area contributed by atoms with Crippen LogP contribution in [0, 0.1) is 0 Å². The van der Waals surface area contributed by atoms with Gasteiger partial charge in [-0.25, -0.2) is 4.98 Å². The van der Waals surface area contributed by atoms with E-state index in [1.807, 2.05) is 0 Å². The lowest BCUT2D eigenvalue weighted by Crippen LogP contribution is -2.21. The van der Waals surface area contributed by atoms with Crippen molar-refractivity contribution in [3.63, 3.8) is 0 Å². The van der Waals surface area contributed by atoms with E-state index >= 15 is 0 Å². The van der Waals surface area contributed by atoms with Gasteiger partial charge < -0.3 is 11.5 Å². The van der Waals surface area contributed by atoms with Crippen LogP contribution in [-0.2, 0) is 4.79 Å². The second-order valence-corrected chi connectivity index (χ2v) is 2.45. The molecule has 6 heteroatoms. The lowest BCUT2D eigenvalue weighted by atomic mass is 10.1. The molecule has 72 valence electrons. The van der Waals surface area contributed by atoms with Gasteiger partial charge in [-0.2, -0.15) is 0 Å². The molecule has 0 aliphatic carbocycles. The minimum absolute atomic E-state index is 0. The van der Waals surface area contributed by atoms with Crippen molar-refractivity contribution in [2.75, 3.05) is 5.73 Å². The molecule has 0 radical (unpaired) electrons. The summed E-state index contributed by atoms with van der Waals surface area (Å²) < 4.78 is 0. The number of primary amides is 1. The first-order valence-corrected chi connectivity index (χ1v) is 3.48. The van der Waals surface area contributed by atoms with Crippen LogP contribution in [0.15, 0.2) is 12.4 Å². The number of anilines is 1. The molecular weight excluding hydrogens is 192 g/mol. The van der Waals surface area contributed by atoms with Gasteiger partial charge in [0.15, 0.2) is 0 Å². The van der Waals surface area contributed by atoms with Gasteiger partial charge in [0, 0.05) is 12.4 Å². The molecule has 0 bridgehead atoms. The first kappa shape index (κ1) is 11.6. The summed E-state index contributed by atoms with van der Waals surface area (Å²) in [6.07, 6.45) is 2.94. The maximum atomic E-state index is 10.8. The SMILES string of the molecule is CC(C(N)=O)c1nccnc1N.Cl. The Bertz CT molecular complexity index is 304. The number of nitrogens with two attached hydrogens (primary N) is 2. The van der Waals surface area contributed by atoms with Crippen molar-refractivity contribution in [3.8, 4) is 0 Å². The first-order valence-electron chi connectivity index (χ1n) is 3.48. The van der Waals surface area contributed by atoms with Crippen LogP contribution in [0.25, 0.3) is 0 Å². The van der Waals surface area contributed by atoms with E-state index in [0.29, 0.717) is 5.69 Å². The van der Waals surface area contributed by atoms with Gasteiger partial charge in [0.05, 0.1) is 11.6 Å². The summed E-state index contributed by atoms with van der Waals surface area (Å²) in [7, 11) is 0. The summed E-state index contributed by atoms with van der Waals surface area (Å²) in [5.41, 5.74) is 11.0. The number of hydrogen-bond donors (Lipinski definition) is 2. The molecule has 13 heavy (non-hydrogen) atoms. The van der Waals surface area contributed by atoms with E-state index in [2.05, 4.69) is 9.97 Å². The highest BCUT2D eigenvalue weighted by Crippen LogP contribution is 2.15. The van der Waals surface area contributed by atoms with Gasteiger partial charge in [0.25, 0.3) is 0 Å². The number of nitrogen functional groups attached to an aromatic ring is 1. The third-order valence-electron chi connectivity index (χ3n) is 1.59.